The van der Waals surface area contributed by atoms with Crippen LogP contribution in [-0.4, -0.2) is 22.3 Å². The van der Waals surface area contributed by atoms with E-state index in [0.29, 0.717) is 4.99 Å². The summed E-state index contributed by atoms with van der Waals surface area (Å²) in [4.78, 5) is 0.440. The fourth-order valence-electron chi connectivity index (χ4n) is 1.32. The van der Waals surface area contributed by atoms with Crippen LogP contribution in [0.2, 0.25) is 0 Å². The van der Waals surface area contributed by atoms with Gasteiger partial charge < -0.3 is 15.0 Å². The van der Waals surface area contributed by atoms with Gasteiger partial charge in [0.2, 0.25) is 0 Å². The molecular weight excluding hydrogens is 208 g/mol. The lowest BCUT2D eigenvalue weighted by atomic mass is 10.1. The molecule has 1 rings (SSSR count). The summed E-state index contributed by atoms with van der Waals surface area (Å²) in [5.41, 5.74) is 6.41. The highest BCUT2D eigenvalue weighted by atomic mass is 32.1. The van der Waals surface area contributed by atoms with Crippen LogP contribution in [0.1, 0.15) is 26.0 Å². The van der Waals surface area contributed by atoms with E-state index in [-0.39, 0.29) is 5.60 Å². The molecule has 2 N–H and O–H groups in total. The van der Waals surface area contributed by atoms with Gasteiger partial charge in [0.1, 0.15) is 4.99 Å². The summed E-state index contributed by atoms with van der Waals surface area (Å²) < 4.78 is 7.42. The van der Waals surface area contributed by atoms with E-state index < -0.39 is 0 Å². The van der Waals surface area contributed by atoms with E-state index in [4.69, 9.17) is 22.7 Å². The zero-order chi connectivity index (χ0) is 11.5. The number of methoxy groups -OCH3 is 1. The maximum Gasteiger partial charge on any atom is 0.120 e. The normalized spacial score (nSPS) is 11.7. The molecule has 0 spiro atoms. The lowest BCUT2D eigenvalue weighted by molar-refractivity contribution is 0.0120. The molecule has 0 bridgehead atoms. The predicted molar refractivity (Wildman–Crippen MR) is 66.0 cm³/mol. The Morgan fingerprint density at radius 2 is 2.27 bits per heavy atom. The molecular formula is C11H18N2OS. The number of hydrogen-bond acceptors (Lipinski definition) is 2. The van der Waals surface area contributed by atoms with Crippen LogP contribution in [0.4, 0.5) is 0 Å². The van der Waals surface area contributed by atoms with Gasteiger partial charge in [0.15, 0.2) is 0 Å². The van der Waals surface area contributed by atoms with Gasteiger partial charge in [0.25, 0.3) is 0 Å². The second-order valence-corrected chi connectivity index (χ2v) is 4.60. The molecule has 4 heteroatoms. The molecule has 0 aromatic carbocycles. The lowest BCUT2D eigenvalue weighted by Crippen LogP contribution is -2.25. The second-order valence-electron chi connectivity index (χ2n) is 4.16. The SMILES string of the molecule is COC(C)(C)CCn1cccc1C(N)=S. The Morgan fingerprint density at radius 1 is 1.60 bits per heavy atom. The molecule has 15 heavy (non-hydrogen) atoms. The molecule has 1 aromatic rings. The van der Waals surface area contributed by atoms with Gasteiger partial charge in [0.05, 0.1) is 11.3 Å². The molecule has 0 radical (unpaired) electrons. The second kappa shape index (κ2) is 4.77. The molecule has 3 nitrogen and oxygen atoms in total. The molecule has 0 atom stereocenters. The van der Waals surface area contributed by atoms with Crippen molar-refractivity contribution in [1.82, 2.24) is 4.57 Å². The molecule has 0 saturated carbocycles. The summed E-state index contributed by atoms with van der Waals surface area (Å²) >= 11 is 4.96. The van der Waals surface area contributed by atoms with Crippen molar-refractivity contribution in [2.75, 3.05) is 7.11 Å². The quantitative estimate of drug-likeness (QED) is 0.780. The zero-order valence-electron chi connectivity index (χ0n) is 9.49. The lowest BCUT2D eigenvalue weighted by Gasteiger charge is -2.23. The monoisotopic (exact) mass is 226 g/mol. The molecule has 0 aliphatic heterocycles. The van der Waals surface area contributed by atoms with Gasteiger partial charge in [0, 0.05) is 19.9 Å². The summed E-state index contributed by atoms with van der Waals surface area (Å²) in [6, 6.07) is 3.89. The predicted octanol–water partition coefficient (Wildman–Crippen LogP) is 1.94. The average molecular weight is 226 g/mol. The van der Waals surface area contributed by atoms with Crippen molar-refractivity contribution in [2.45, 2.75) is 32.4 Å². The van der Waals surface area contributed by atoms with Gasteiger partial charge >= 0.3 is 0 Å². The molecule has 0 saturated heterocycles. The van der Waals surface area contributed by atoms with Gasteiger partial charge in [-0.25, -0.2) is 0 Å². The van der Waals surface area contributed by atoms with Crippen LogP contribution in [0.3, 0.4) is 0 Å². The summed E-state index contributed by atoms with van der Waals surface area (Å²) in [6.45, 7) is 4.99. The minimum Gasteiger partial charge on any atom is -0.388 e. The molecule has 0 aliphatic rings. The Balaban J connectivity index is 2.65. The Morgan fingerprint density at radius 3 is 2.80 bits per heavy atom. The highest BCUT2D eigenvalue weighted by Gasteiger charge is 2.16. The molecule has 0 unspecified atom stereocenters. The summed E-state index contributed by atoms with van der Waals surface area (Å²) in [5.74, 6) is 0. The van der Waals surface area contributed by atoms with Crippen molar-refractivity contribution in [1.29, 1.82) is 0 Å². The van der Waals surface area contributed by atoms with E-state index in [0.717, 1.165) is 18.7 Å². The summed E-state index contributed by atoms with van der Waals surface area (Å²) in [5, 5.41) is 0. The van der Waals surface area contributed by atoms with E-state index in [1.807, 2.05) is 18.3 Å². The van der Waals surface area contributed by atoms with Gasteiger partial charge in [-0.3, -0.25) is 0 Å². The van der Waals surface area contributed by atoms with Gasteiger partial charge in [-0.05, 0) is 32.4 Å². The van der Waals surface area contributed by atoms with Crippen LogP contribution in [0.5, 0.6) is 0 Å². The molecule has 0 amide bonds. The van der Waals surface area contributed by atoms with Crippen molar-refractivity contribution in [3.8, 4) is 0 Å². The Labute approximate surface area is 96.2 Å². The van der Waals surface area contributed by atoms with Gasteiger partial charge in [-0.15, -0.1) is 0 Å². The van der Waals surface area contributed by atoms with Crippen molar-refractivity contribution in [3.63, 3.8) is 0 Å². The standard InChI is InChI=1S/C11H18N2OS/c1-11(2,14-3)6-8-13-7-4-5-9(13)10(12)15/h4-5,7H,6,8H2,1-3H3,(H2,12,15). The Hall–Kier alpha value is -0.870. The van der Waals surface area contributed by atoms with Crippen molar-refractivity contribution in [3.05, 3.63) is 24.0 Å². The van der Waals surface area contributed by atoms with Crippen LogP contribution in [0.15, 0.2) is 18.3 Å². The maximum atomic E-state index is 5.61. The fourth-order valence-corrected chi connectivity index (χ4v) is 1.51. The summed E-state index contributed by atoms with van der Waals surface area (Å²) in [7, 11) is 1.73. The maximum absolute atomic E-state index is 5.61. The number of ether oxygens (including phenoxy) is 1. The van der Waals surface area contributed by atoms with E-state index in [1.54, 1.807) is 7.11 Å². The molecule has 0 fully saturated rings. The number of nitrogens with two attached hydrogens (primary N) is 1. The number of thiocarbonyl (C=S) groups is 1. The first-order valence-electron chi connectivity index (χ1n) is 4.96. The molecule has 1 heterocycles. The van der Waals surface area contributed by atoms with E-state index >= 15 is 0 Å². The van der Waals surface area contributed by atoms with E-state index in [1.165, 1.54) is 0 Å². The third kappa shape index (κ3) is 3.32. The number of nitrogens with zero attached hydrogens (tertiary/aromatic N) is 1. The minimum atomic E-state index is -0.113. The first kappa shape index (κ1) is 12.2. The van der Waals surface area contributed by atoms with E-state index in [2.05, 4.69) is 18.4 Å². The van der Waals surface area contributed by atoms with Crippen LogP contribution < -0.4 is 5.73 Å². The molecule has 84 valence electrons. The Bertz CT molecular complexity index is 344. The minimum absolute atomic E-state index is 0.113. The number of aryl methyl sites for hydroxylation is 1. The van der Waals surface area contributed by atoms with Crippen molar-refractivity contribution in [2.24, 2.45) is 5.73 Å². The third-order valence-corrected chi connectivity index (χ3v) is 2.80. The highest BCUT2D eigenvalue weighted by Crippen LogP contribution is 2.15. The highest BCUT2D eigenvalue weighted by molar-refractivity contribution is 7.80. The zero-order valence-corrected chi connectivity index (χ0v) is 10.3. The Kier molecular flexibility index (Phi) is 3.88. The van der Waals surface area contributed by atoms with Crippen LogP contribution in [0.25, 0.3) is 0 Å². The fraction of sp³-hybridized carbons (Fsp3) is 0.545. The van der Waals surface area contributed by atoms with Gasteiger partial charge in [-0.1, -0.05) is 12.2 Å². The van der Waals surface area contributed by atoms with Gasteiger partial charge in [-0.2, -0.15) is 0 Å². The number of rotatable bonds is 5. The molecule has 1 aromatic heterocycles. The average Bonchev–Trinajstić information content (AvgIpc) is 2.63. The van der Waals surface area contributed by atoms with Crippen molar-refractivity contribution >= 4 is 17.2 Å². The number of hydrogen-bond donors (Lipinski definition) is 1. The number of aromatic nitrogens is 1. The smallest absolute Gasteiger partial charge is 0.120 e. The summed E-state index contributed by atoms with van der Waals surface area (Å²) in [6.07, 6.45) is 2.91. The van der Waals surface area contributed by atoms with Crippen LogP contribution in [-0.2, 0) is 11.3 Å². The topological polar surface area (TPSA) is 40.2 Å². The van der Waals surface area contributed by atoms with Crippen LogP contribution in [0, 0.1) is 0 Å². The largest absolute Gasteiger partial charge is 0.388 e. The van der Waals surface area contributed by atoms with E-state index in [9.17, 15) is 0 Å². The molecule has 0 aliphatic carbocycles. The third-order valence-electron chi connectivity index (χ3n) is 2.59. The van der Waals surface area contributed by atoms with Crippen LogP contribution >= 0.6 is 12.2 Å². The first-order valence-corrected chi connectivity index (χ1v) is 5.37. The van der Waals surface area contributed by atoms with Crippen molar-refractivity contribution < 1.29 is 4.74 Å². The first-order chi connectivity index (χ1) is 6.96.